The van der Waals surface area contributed by atoms with Crippen LogP contribution in [0, 0.1) is 11.7 Å². The summed E-state index contributed by atoms with van der Waals surface area (Å²) in [6.45, 7) is 3.12. The quantitative estimate of drug-likeness (QED) is 0.801. The van der Waals surface area contributed by atoms with Crippen LogP contribution < -0.4 is 5.32 Å². The Morgan fingerprint density at radius 2 is 1.86 bits per heavy atom. The molecule has 0 radical (unpaired) electrons. The zero-order valence-corrected chi connectivity index (χ0v) is 13.3. The molecule has 0 aliphatic heterocycles. The smallest absolute Gasteiger partial charge is 0.123 e. The van der Waals surface area contributed by atoms with Crippen LogP contribution in [0.5, 0.6) is 0 Å². The first kappa shape index (κ1) is 16.4. The third-order valence-electron chi connectivity index (χ3n) is 4.56. The van der Waals surface area contributed by atoms with Gasteiger partial charge >= 0.3 is 0 Å². The maximum atomic E-state index is 13.2. The van der Waals surface area contributed by atoms with Gasteiger partial charge in [-0.15, -0.1) is 0 Å². The van der Waals surface area contributed by atoms with E-state index < -0.39 is 0 Å². The topological polar surface area (TPSA) is 21.3 Å². The van der Waals surface area contributed by atoms with E-state index in [4.69, 9.17) is 4.74 Å². The fourth-order valence-corrected chi connectivity index (χ4v) is 3.46. The van der Waals surface area contributed by atoms with Gasteiger partial charge in [0.2, 0.25) is 0 Å². The summed E-state index contributed by atoms with van der Waals surface area (Å²) in [5, 5.41) is 3.61. The molecular weight excluding hydrogens is 265 g/mol. The molecule has 21 heavy (non-hydrogen) atoms. The Morgan fingerprint density at radius 1 is 1.19 bits per heavy atom. The van der Waals surface area contributed by atoms with Crippen molar-refractivity contribution in [3.63, 3.8) is 0 Å². The molecule has 2 rings (SSSR count). The van der Waals surface area contributed by atoms with Crippen LogP contribution in [0.1, 0.15) is 57.1 Å². The molecule has 2 nitrogen and oxygen atoms in total. The average Bonchev–Trinajstić information content (AvgIpc) is 2.53. The van der Waals surface area contributed by atoms with Gasteiger partial charge in [-0.25, -0.2) is 4.39 Å². The molecule has 1 aromatic carbocycles. The Balaban J connectivity index is 2.17. The highest BCUT2D eigenvalue weighted by molar-refractivity contribution is 5.21. The van der Waals surface area contributed by atoms with Gasteiger partial charge in [0.1, 0.15) is 5.82 Å². The second-order valence-electron chi connectivity index (χ2n) is 6.08. The standard InChI is InChI=1S/C18H28FNO/c1-3-13-20-17(14-9-11-16(19)12-10-14)18(21-2)15-7-5-4-6-8-15/h9-12,15,17-18,20H,3-8,13H2,1-2H3. The van der Waals surface area contributed by atoms with Crippen LogP contribution in [0.2, 0.25) is 0 Å². The van der Waals surface area contributed by atoms with E-state index in [2.05, 4.69) is 12.2 Å². The van der Waals surface area contributed by atoms with Crippen LogP contribution in [0.3, 0.4) is 0 Å². The molecule has 1 aliphatic carbocycles. The lowest BCUT2D eigenvalue weighted by molar-refractivity contribution is 0.00755. The molecule has 0 saturated heterocycles. The zero-order valence-electron chi connectivity index (χ0n) is 13.3. The third-order valence-corrected chi connectivity index (χ3v) is 4.56. The predicted molar refractivity (Wildman–Crippen MR) is 84.8 cm³/mol. The van der Waals surface area contributed by atoms with Gasteiger partial charge in [0, 0.05) is 7.11 Å². The van der Waals surface area contributed by atoms with Crippen LogP contribution >= 0.6 is 0 Å². The van der Waals surface area contributed by atoms with E-state index in [1.54, 1.807) is 12.1 Å². The predicted octanol–water partition coefficient (Wildman–Crippen LogP) is 4.46. The Labute approximate surface area is 128 Å². The minimum absolute atomic E-state index is 0.152. The Kier molecular flexibility index (Phi) is 6.65. The normalized spacial score (nSPS) is 19.4. The van der Waals surface area contributed by atoms with Crippen molar-refractivity contribution in [3.05, 3.63) is 35.6 Å². The maximum absolute atomic E-state index is 13.2. The van der Waals surface area contributed by atoms with E-state index in [0.29, 0.717) is 5.92 Å². The molecule has 118 valence electrons. The van der Waals surface area contributed by atoms with E-state index in [1.165, 1.54) is 32.1 Å². The fourth-order valence-electron chi connectivity index (χ4n) is 3.46. The van der Waals surface area contributed by atoms with Crippen molar-refractivity contribution >= 4 is 0 Å². The molecular formula is C18H28FNO. The number of hydrogen-bond acceptors (Lipinski definition) is 2. The van der Waals surface area contributed by atoms with Gasteiger partial charge < -0.3 is 10.1 Å². The molecule has 1 N–H and O–H groups in total. The number of rotatable bonds is 7. The zero-order chi connectivity index (χ0) is 15.1. The summed E-state index contributed by atoms with van der Waals surface area (Å²) in [6, 6.07) is 7.01. The van der Waals surface area contributed by atoms with Crippen LogP contribution in [0.15, 0.2) is 24.3 Å². The van der Waals surface area contributed by atoms with Crippen LogP contribution in [0.4, 0.5) is 4.39 Å². The van der Waals surface area contributed by atoms with E-state index in [1.807, 2.05) is 19.2 Å². The highest BCUT2D eigenvalue weighted by atomic mass is 19.1. The summed E-state index contributed by atoms with van der Waals surface area (Å²) < 4.78 is 19.1. The summed E-state index contributed by atoms with van der Waals surface area (Å²) in [4.78, 5) is 0. The maximum Gasteiger partial charge on any atom is 0.123 e. The summed E-state index contributed by atoms with van der Waals surface area (Å²) in [6.07, 6.45) is 7.67. The van der Waals surface area contributed by atoms with Crippen molar-refractivity contribution in [2.45, 2.75) is 57.6 Å². The van der Waals surface area contributed by atoms with E-state index >= 15 is 0 Å². The number of halogens is 1. The molecule has 0 bridgehead atoms. The minimum Gasteiger partial charge on any atom is -0.379 e. The van der Waals surface area contributed by atoms with Crippen LogP contribution in [0.25, 0.3) is 0 Å². The summed E-state index contributed by atoms with van der Waals surface area (Å²) in [5.41, 5.74) is 1.13. The highest BCUT2D eigenvalue weighted by Gasteiger charge is 2.31. The Morgan fingerprint density at radius 3 is 2.43 bits per heavy atom. The molecule has 1 aromatic rings. The molecule has 2 unspecified atom stereocenters. The highest BCUT2D eigenvalue weighted by Crippen LogP contribution is 2.34. The monoisotopic (exact) mass is 293 g/mol. The largest absolute Gasteiger partial charge is 0.379 e. The summed E-state index contributed by atoms with van der Waals surface area (Å²) in [7, 11) is 1.81. The van der Waals surface area contributed by atoms with Crippen molar-refractivity contribution in [2.75, 3.05) is 13.7 Å². The van der Waals surface area contributed by atoms with Crippen molar-refractivity contribution in [1.82, 2.24) is 5.32 Å². The summed E-state index contributed by atoms with van der Waals surface area (Å²) in [5.74, 6) is 0.419. The molecule has 1 aliphatic rings. The molecule has 3 heteroatoms. The number of benzene rings is 1. The minimum atomic E-state index is -0.181. The number of ether oxygens (including phenoxy) is 1. The third kappa shape index (κ3) is 4.52. The first-order valence-corrected chi connectivity index (χ1v) is 8.28. The van der Waals surface area contributed by atoms with Gasteiger partial charge in [0.15, 0.2) is 0 Å². The lowest BCUT2D eigenvalue weighted by Gasteiger charge is -2.35. The van der Waals surface area contributed by atoms with Crippen molar-refractivity contribution in [1.29, 1.82) is 0 Å². The summed E-state index contributed by atoms with van der Waals surface area (Å²) >= 11 is 0. The van der Waals surface area contributed by atoms with Crippen molar-refractivity contribution in [2.24, 2.45) is 5.92 Å². The number of methoxy groups -OCH3 is 1. The fraction of sp³-hybridized carbons (Fsp3) is 0.667. The average molecular weight is 293 g/mol. The van der Waals surface area contributed by atoms with E-state index in [0.717, 1.165) is 18.5 Å². The number of nitrogens with one attached hydrogen (secondary N) is 1. The van der Waals surface area contributed by atoms with E-state index in [-0.39, 0.29) is 18.0 Å². The van der Waals surface area contributed by atoms with Gasteiger partial charge in [-0.3, -0.25) is 0 Å². The van der Waals surface area contributed by atoms with Gasteiger partial charge in [-0.05, 0) is 49.4 Å². The Bertz CT molecular complexity index is 400. The Hall–Kier alpha value is -0.930. The first-order valence-electron chi connectivity index (χ1n) is 8.28. The second kappa shape index (κ2) is 8.50. The van der Waals surface area contributed by atoms with Gasteiger partial charge in [0.25, 0.3) is 0 Å². The molecule has 0 aromatic heterocycles. The molecule has 1 fully saturated rings. The van der Waals surface area contributed by atoms with Gasteiger partial charge in [-0.1, -0.05) is 38.3 Å². The van der Waals surface area contributed by atoms with Gasteiger partial charge in [-0.2, -0.15) is 0 Å². The van der Waals surface area contributed by atoms with E-state index in [9.17, 15) is 4.39 Å². The molecule has 0 amide bonds. The molecule has 0 heterocycles. The molecule has 0 spiro atoms. The lowest BCUT2D eigenvalue weighted by atomic mass is 9.81. The SMILES string of the molecule is CCCNC(c1ccc(F)cc1)C(OC)C1CCCCC1. The van der Waals surface area contributed by atoms with Crippen LogP contribution in [-0.2, 0) is 4.74 Å². The second-order valence-corrected chi connectivity index (χ2v) is 6.08. The first-order chi connectivity index (χ1) is 10.3. The number of hydrogen-bond donors (Lipinski definition) is 1. The lowest BCUT2D eigenvalue weighted by Crippen LogP contribution is -2.39. The van der Waals surface area contributed by atoms with Gasteiger partial charge in [0.05, 0.1) is 12.1 Å². The molecule has 2 atom stereocenters. The van der Waals surface area contributed by atoms with Crippen molar-refractivity contribution < 1.29 is 9.13 Å². The van der Waals surface area contributed by atoms with Crippen LogP contribution in [-0.4, -0.2) is 19.8 Å². The van der Waals surface area contributed by atoms with Crippen molar-refractivity contribution in [3.8, 4) is 0 Å². The molecule has 1 saturated carbocycles.